The molecule has 2 aliphatic heterocycles. The lowest BCUT2D eigenvalue weighted by Crippen LogP contribution is -2.54. The van der Waals surface area contributed by atoms with E-state index in [2.05, 4.69) is 0 Å². The fourth-order valence-electron chi connectivity index (χ4n) is 4.06. The van der Waals surface area contributed by atoms with Crippen LogP contribution >= 0.6 is 0 Å². The van der Waals surface area contributed by atoms with Gasteiger partial charge in [-0.05, 0) is 69.2 Å². The van der Waals surface area contributed by atoms with E-state index in [-0.39, 0.29) is 23.3 Å². The van der Waals surface area contributed by atoms with Crippen molar-refractivity contribution in [3.05, 3.63) is 29.3 Å². The molecule has 0 radical (unpaired) electrons. The zero-order valence-electron chi connectivity index (χ0n) is 17.6. The van der Waals surface area contributed by atoms with Crippen molar-refractivity contribution in [3.63, 3.8) is 0 Å². The Morgan fingerprint density at radius 1 is 1.03 bits per heavy atom. The van der Waals surface area contributed by atoms with E-state index in [1.54, 1.807) is 23.1 Å². The molecule has 0 spiro atoms. The molecule has 1 unspecified atom stereocenters. The number of likely N-dealkylation sites (tertiary alicyclic amines) is 2. The van der Waals surface area contributed by atoms with Gasteiger partial charge in [-0.2, -0.15) is 4.31 Å². The summed E-state index contributed by atoms with van der Waals surface area (Å²) in [6.07, 6.45) is 4.40. The van der Waals surface area contributed by atoms with Crippen LogP contribution < -0.4 is 0 Å². The van der Waals surface area contributed by atoms with Crippen LogP contribution in [-0.4, -0.2) is 73.6 Å². The first-order valence-electron chi connectivity index (χ1n) is 10.3. The van der Waals surface area contributed by atoms with E-state index in [0.717, 1.165) is 54.2 Å². The predicted molar refractivity (Wildman–Crippen MR) is 111 cm³/mol. The highest BCUT2D eigenvalue weighted by atomic mass is 32.2. The second-order valence-electron chi connectivity index (χ2n) is 8.14. The monoisotopic (exact) mass is 421 g/mol. The molecule has 1 aromatic rings. The lowest BCUT2D eigenvalue weighted by Gasteiger charge is -2.37. The Kier molecular flexibility index (Phi) is 6.63. The molecule has 2 aliphatic rings. The molecular weight excluding hydrogens is 390 g/mol. The Labute approximate surface area is 173 Å². The van der Waals surface area contributed by atoms with Gasteiger partial charge in [-0.1, -0.05) is 6.07 Å². The Hall–Kier alpha value is -1.93. The zero-order chi connectivity index (χ0) is 21.2. The van der Waals surface area contributed by atoms with Gasteiger partial charge in [0.2, 0.25) is 21.8 Å². The number of aryl methyl sites for hydroxylation is 2. The van der Waals surface area contributed by atoms with Crippen molar-refractivity contribution < 1.29 is 18.0 Å². The predicted octanol–water partition coefficient (Wildman–Crippen LogP) is 1.93. The van der Waals surface area contributed by atoms with Gasteiger partial charge < -0.3 is 9.80 Å². The topological polar surface area (TPSA) is 78.0 Å². The van der Waals surface area contributed by atoms with Crippen LogP contribution in [0.5, 0.6) is 0 Å². The quantitative estimate of drug-likeness (QED) is 0.728. The van der Waals surface area contributed by atoms with Crippen LogP contribution in [0.3, 0.4) is 0 Å². The number of amides is 2. The summed E-state index contributed by atoms with van der Waals surface area (Å²) in [4.78, 5) is 29.5. The van der Waals surface area contributed by atoms with E-state index >= 15 is 0 Å². The second-order valence-corrected chi connectivity index (χ2v) is 10.2. The van der Waals surface area contributed by atoms with E-state index in [9.17, 15) is 18.0 Å². The lowest BCUT2D eigenvalue weighted by molar-refractivity contribution is -0.147. The third-order valence-electron chi connectivity index (χ3n) is 6.07. The molecule has 2 heterocycles. The summed E-state index contributed by atoms with van der Waals surface area (Å²) < 4.78 is 26.9. The molecule has 0 saturated carbocycles. The molecule has 0 aliphatic carbocycles. The van der Waals surface area contributed by atoms with Crippen molar-refractivity contribution in [2.75, 3.05) is 33.2 Å². The first-order chi connectivity index (χ1) is 13.7. The number of benzene rings is 1. The minimum Gasteiger partial charge on any atom is -0.341 e. The summed E-state index contributed by atoms with van der Waals surface area (Å²) in [7, 11) is -2.35. The Bertz CT molecular complexity index is 878. The van der Waals surface area contributed by atoms with Gasteiger partial charge in [0.25, 0.3) is 0 Å². The van der Waals surface area contributed by atoms with Crippen LogP contribution in [-0.2, 0) is 19.6 Å². The number of carbonyl (C=O) groups excluding carboxylic acids is 2. The van der Waals surface area contributed by atoms with Gasteiger partial charge in [-0.25, -0.2) is 8.42 Å². The minimum absolute atomic E-state index is 0.00946. The summed E-state index contributed by atoms with van der Waals surface area (Å²) >= 11 is 0. The highest BCUT2D eigenvalue weighted by Crippen LogP contribution is 2.23. The summed E-state index contributed by atoms with van der Waals surface area (Å²) in [6, 6.07) is 4.51. The Balaban J connectivity index is 1.72. The second kappa shape index (κ2) is 8.83. The smallest absolute Gasteiger partial charge is 0.245 e. The molecule has 7 nitrogen and oxygen atoms in total. The first kappa shape index (κ1) is 21.8. The fraction of sp³-hybridized carbons (Fsp3) is 0.619. The number of piperidine rings is 1. The van der Waals surface area contributed by atoms with Gasteiger partial charge >= 0.3 is 0 Å². The van der Waals surface area contributed by atoms with Crippen LogP contribution in [0.2, 0.25) is 0 Å². The minimum atomic E-state index is -3.77. The summed E-state index contributed by atoms with van der Waals surface area (Å²) in [5.41, 5.74) is 1.90. The summed E-state index contributed by atoms with van der Waals surface area (Å²) in [5.74, 6) is -0.299. The van der Waals surface area contributed by atoms with Crippen molar-refractivity contribution in [3.8, 4) is 0 Å². The third-order valence-corrected chi connectivity index (χ3v) is 7.87. The zero-order valence-corrected chi connectivity index (χ0v) is 18.4. The van der Waals surface area contributed by atoms with Crippen LogP contribution in [0.1, 0.15) is 43.2 Å². The van der Waals surface area contributed by atoms with Crippen molar-refractivity contribution in [2.45, 2.75) is 56.9 Å². The van der Waals surface area contributed by atoms with E-state index in [1.165, 1.54) is 7.05 Å². The van der Waals surface area contributed by atoms with Crippen molar-refractivity contribution in [1.29, 1.82) is 0 Å². The van der Waals surface area contributed by atoms with E-state index in [1.807, 2.05) is 18.7 Å². The number of hydrogen-bond acceptors (Lipinski definition) is 4. The van der Waals surface area contributed by atoms with Crippen molar-refractivity contribution in [2.24, 2.45) is 0 Å². The molecule has 1 aromatic carbocycles. The summed E-state index contributed by atoms with van der Waals surface area (Å²) in [5, 5.41) is 0. The number of likely N-dealkylation sites (N-methyl/N-ethyl adjacent to an activating group) is 1. The first-order valence-corrected chi connectivity index (χ1v) is 11.8. The SMILES string of the molecule is Cc1ccc(S(=O)(=O)N(C)CC(=O)N2CCCCC2C(=O)N2CCCC2)cc1C. The van der Waals surface area contributed by atoms with Gasteiger partial charge in [-0.15, -0.1) is 0 Å². The van der Waals surface area contributed by atoms with E-state index in [4.69, 9.17) is 0 Å². The number of hydrogen-bond donors (Lipinski definition) is 0. The standard InChI is InChI=1S/C21H31N3O4S/c1-16-9-10-18(14-17(16)2)29(27,28)22(3)15-20(25)24-13-5-4-8-19(24)21(26)23-11-6-7-12-23/h9-10,14,19H,4-8,11-13,15H2,1-3H3. The number of rotatable bonds is 5. The maximum Gasteiger partial charge on any atom is 0.245 e. The van der Waals surface area contributed by atoms with Crippen molar-refractivity contribution >= 4 is 21.8 Å². The molecule has 8 heteroatoms. The number of nitrogens with zero attached hydrogens (tertiary/aromatic N) is 3. The van der Waals surface area contributed by atoms with Crippen molar-refractivity contribution in [1.82, 2.24) is 14.1 Å². The molecular formula is C21H31N3O4S. The molecule has 29 heavy (non-hydrogen) atoms. The molecule has 2 fully saturated rings. The Morgan fingerprint density at radius 2 is 1.69 bits per heavy atom. The van der Waals surface area contributed by atoms with Gasteiger partial charge in [0.15, 0.2) is 0 Å². The highest BCUT2D eigenvalue weighted by molar-refractivity contribution is 7.89. The molecule has 0 bridgehead atoms. The lowest BCUT2D eigenvalue weighted by atomic mass is 10.0. The van der Waals surface area contributed by atoms with Gasteiger partial charge in [0.1, 0.15) is 6.04 Å². The van der Waals surface area contributed by atoms with Crippen LogP contribution in [0.4, 0.5) is 0 Å². The highest BCUT2D eigenvalue weighted by Gasteiger charge is 2.36. The number of carbonyl (C=O) groups is 2. The molecule has 0 aromatic heterocycles. The average molecular weight is 422 g/mol. The van der Waals surface area contributed by atoms with E-state index < -0.39 is 16.1 Å². The molecule has 0 N–H and O–H groups in total. The van der Waals surface area contributed by atoms with Crippen LogP contribution in [0.15, 0.2) is 23.1 Å². The molecule has 2 saturated heterocycles. The summed E-state index contributed by atoms with van der Waals surface area (Å²) in [6.45, 7) is 5.52. The molecule has 2 amide bonds. The van der Waals surface area contributed by atoms with Gasteiger partial charge in [0.05, 0.1) is 11.4 Å². The molecule has 160 valence electrons. The maximum atomic E-state index is 13.0. The fourth-order valence-corrected chi connectivity index (χ4v) is 5.26. The maximum absolute atomic E-state index is 13.0. The molecule has 1 atom stereocenters. The van der Waals surface area contributed by atoms with E-state index in [0.29, 0.717) is 13.0 Å². The normalized spacial score (nSPS) is 20.3. The average Bonchev–Trinajstić information content (AvgIpc) is 3.24. The largest absolute Gasteiger partial charge is 0.341 e. The van der Waals surface area contributed by atoms with Crippen LogP contribution in [0, 0.1) is 13.8 Å². The Morgan fingerprint density at radius 3 is 2.34 bits per heavy atom. The third kappa shape index (κ3) is 4.64. The van der Waals surface area contributed by atoms with Gasteiger partial charge in [-0.3, -0.25) is 9.59 Å². The van der Waals surface area contributed by atoms with Crippen LogP contribution in [0.25, 0.3) is 0 Å². The molecule has 3 rings (SSSR count). The number of sulfonamides is 1. The van der Waals surface area contributed by atoms with Gasteiger partial charge in [0, 0.05) is 26.7 Å².